The standard InChI is InChI=1S/C10H13F2N/c1-6-4-8(10(3,11)12)5-7(2)9(6)13/h4-5H,13H2,1-3H3. The second-order valence-corrected chi connectivity index (χ2v) is 3.41. The first-order valence-corrected chi connectivity index (χ1v) is 4.07. The molecule has 0 aliphatic heterocycles. The highest BCUT2D eigenvalue weighted by molar-refractivity contribution is 5.54. The van der Waals surface area contributed by atoms with Crippen LogP contribution in [0, 0.1) is 13.8 Å². The van der Waals surface area contributed by atoms with E-state index in [0.717, 1.165) is 6.92 Å². The summed E-state index contributed by atoms with van der Waals surface area (Å²) < 4.78 is 25.8. The summed E-state index contributed by atoms with van der Waals surface area (Å²) in [6, 6.07) is 2.87. The first-order chi connectivity index (χ1) is 5.82. The van der Waals surface area contributed by atoms with E-state index in [9.17, 15) is 8.78 Å². The van der Waals surface area contributed by atoms with E-state index in [-0.39, 0.29) is 5.56 Å². The van der Waals surface area contributed by atoms with Crippen molar-refractivity contribution in [3.05, 3.63) is 28.8 Å². The summed E-state index contributed by atoms with van der Waals surface area (Å²) in [5.74, 6) is -2.79. The van der Waals surface area contributed by atoms with Gasteiger partial charge in [-0.25, -0.2) is 8.78 Å². The number of nitrogen functional groups attached to an aromatic ring is 1. The molecule has 0 unspecified atom stereocenters. The van der Waals surface area contributed by atoms with Crippen molar-refractivity contribution < 1.29 is 8.78 Å². The van der Waals surface area contributed by atoms with Crippen LogP contribution in [0.25, 0.3) is 0 Å². The number of nitrogens with two attached hydrogens (primary N) is 1. The monoisotopic (exact) mass is 185 g/mol. The van der Waals surface area contributed by atoms with Gasteiger partial charge in [-0.2, -0.15) is 0 Å². The smallest absolute Gasteiger partial charge is 0.270 e. The van der Waals surface area contributed by atoms with Crippen molar-refractivity contribution in [1.29, 1.82) is 0 Å². The summed E-state index contributed by atoms with van der Waals surface area (Å²) in [6.07, 6.45) is 0. The average Bonchev–Trinajstić information content (AvgIpc) is 1.97. The minimum atomic E-state index is -2.79. The second kappa shape index (κ2) is 2.98. The Labute approximate surface area is 76.6 Å². The lowest BCUT2D eigenvalue weighted by molar-refractivity contribution is 0.0174. The first kappa shape index (κ1) is 9.96. The van der Waals surface area contributed by atoms with Crippen LogP contribution in [0.1, 0.15) is 23.6 Å². The number of alkyl halides is 2. The molecule has 0 aliphatic rings. The van der Waals surface area contributed by atoms with Crippen LogP contribution in [0.5, 0.6) is 0 Å². The molecule has 0 heterocycles. The number of hydrogen-bond acceptors (Lipinski definition) is 1. The molecule has 3 heteroatoms. The minimum Gasteiger partial charge on any atom is -0.398 e. The summed E-state index contributed by atoms with van der Waals surface area (Å²) in [6.45, 7) is 4.35. The molecule has 0 fully saturated rings. The normalized spacial score (nSPS) is 11.8. The molecule has 0 radical (unpaired) electrons. The minimum absolute atomic E-state index is 0.0247. The van der Waals surface area contributed by atoms with Crippen LogP contribution in [-0.2, 0) is 5.92 Å². The Morgan fingerprint density at radius 2 is 1.54 bits per heavy atom. The van der Waals surface area contributed by atoms with Crippen LogP contribution >= 0.6 is 0 Å². The molecule has 1 nitrogen and oxygen atoms in total. The van der Waals surface area contributed by atoms with Crippen LogP contribution in [0.2, 0.25) is 0 Å². The maximum absolute atomic E-state index is 12.9. The zero-order valence-electron chi connectivity index (χ0n) is 7.99. The van der Waals surface area contributed by atoms with Gasteiger partial charge in [0.15, 0.2) is 0 Å². The summed E-state index contributed by atoms with van der Waals surface area (Å²) in [5.41, 5.74) is 7.67. The largest absolute Gasteiger partial charge is 0.398 e. The summed E-state index contributed by atoms with van der Waals surface area (Å²) >= 11 is 0. The Morgan fingerprint density at radius 1 is 1.15 bits per heavy atom. The fraction of sp³-hybridized carbons (Fsp3) is 0.400. The molecule has 1 aromatic carbocycles. The number of aryl methyl sites for hydroxylation is 2. The fourth-order valence-electron chi connectivity index (χ4n) is 1.23. The van der Waals surface area contributed by atoms with Crippen molar-refractivity contribution in [2.45, 2.75) is 26.7 Å². The predicted octanol–water partition coefficient (Wildman–Crippen LogP) is 3.00. The maximum Gasteiger partial charge on any atom is 0.270 e. The van der Waals surface area contributed by atoms with Gasteiger partial charge >= 0.3 is 0 Å². The lowest BCUT2D eigenvalue weighted by Gasteiger charge is -2.14. The lowest BCUT2D eigenvalue weighted by Crippen LogP contribution is -2.08. The maximum atomic E-state index is 12.9. The van der Waals surface area contributed by atoms with E-state index in [4.69, 9.17) is 5.73 Å². The molecule has 0 saturated heterocycles. The molecule has 2 N–H and O–H groups in total. The number of benzene rings is 1. The fourth-order valence-corrected chi connectivity index (χ4v) is 1.23. The van der Waals surface area contributed by atoms with Crippen LogP contribution < -0.4 is 5.73 Å². The Morgan fingerprint density at radius 3 is 1.85 bits per heavy atom. The van der Waals surface area contributed by atoms with Gasteiger partial charge in [0.1, 0.15) is 0 Å². The average molecular weight is 185 g/mol. The third kappa shape index (κ3) is 1.97. The Balaban J connectivity index is 3.29. The molecule has 0 spiro atoms. The van der Waals surface area contributed by atoms with E-state index < -0.39 is 5.92 Å². The van der Waals surface area contributed by atoms with Crippen LogP contribution in [0.4, 0.5) is 14.5 Å². The van der Waals surface area contributed by atoms with Gasteiger partial charge in [-0.1, -0.05) is 0 Å². The zero-order valence-corrected chi connectivity index (χ0v) is 7.99. The van der Waals surface area contributed by atoms with Crippen molar-refractivity contribution in [2.75, 3.05) is 5.73 Å². The van der Waals surface area contributed by atoms with Gasteiger partial charge in [-0.3, -0.25) is 0 Å². The van der Waals surface area contributed by atoms with Gasteiger partial charge in [0, 0.05) is 18.2 Å². The van der Waals surface area contributed by atoms with E-state index in [1.807, 2.05) is 0 Å². The molecule has 72 valence electrons. The third-order valence-corrected chi connectivity index (χ3v) is 2.10. The SMILES string of the molecule is Cc1cc(C(C)(F)F)cc(C)c1N. The van der Waals surface area contributed by atoms with E-state index in [1.165, 1.54) is 12.1 Å². The van der Waals surface area contributed by atoms with Crippen molar-refractivity contribution in [2.24, 2.45) is 0 Å². The third-order valence-electron chi connectivity index (χ3n) is 2.10. The van der Waals surface area contributed by atoms with E-state index >= 15 is 0 Å². The molecule has 13 heavy (non-hydrogen) atoms. The molecule has 0 atom stereocenters. The van der Waals surface area contributed by atoms with Crippen molar-refractivity contribution >= 4 is 5.69 Å². The van der Waals surface area contributed by atoms with E-state index in [2.05, 4.69) is 0 Å². The van der Waals surface area contributed by atoms with Gasteiger partial charge < -0.3 is 5.73 Å². The van der Waals surface area contributed by atoms with Gasteiger partial charge in [0.05, 0.1) is 0 Å². The van der Waals surface area contributed by atoms with Crippen LogP contribution in [-0.4, -0.2) is 0 Å². The molecule has 0 saturated carbocycles. The van der Waals surface area contributed by atoms with Gasteiger partial charge in [0.2, 0.25) is 0 Å². The molecule has 0 bridgehead atoms. The molecule has 1 aromatic rings. The lowest BCUT2D eigenvalue weighted by atomic mass is 10.0. The van der Waals surface area contributed by atoms with Crippen molar-refractivity contribution in [3.8, 4) is 0 Å². The highest BCUT2D eigenvalue weighted by Crippen LogP contribution is 2.30. The van der Waals surface area contributed by atoms with Crippen LogP contribution in [0.15, 0.2) is 12.1 Å². The van der Waals surface area contributed by atoms with Gasteiger partial charge in [-0.15, -0.1) is 0 Å². The molecule has 0 amide bonds. The number of rotatable bonds is 1. The highest BCUT2D eigenvalue weighted by Gasteiger charge is 2.24. The zero-order chi connectivity index (χ0) is 10.2. The summed E-state index contributed by atoms with van der Waals surface area (Å²) in [5, 5.41) is 0. The number of halogens is 2. The summed E-state index contributed by atoms with van der Waals surface area (Å²) in [4.78, 5) is 0. The molecular weight excluding hydrogens is 172 g/mol. The predicted molar refractivity (Wildman–Crippen MR) is 49.9 cm³/mol. The second-order valence-electron chi connectivity index (χ2n) is 3.41. The number of anilines is 1. The Kier molecular flexibility index (Phi) is 2.28. The molecule has 1 rings (SSSR count). The molecule has 0 aromatic heterocycles. The highest BCUT2D eigenvalue weighted by atomic mass is 19.3. The Hall–Kier alpha value is -1.12. The Bertz CT molecular complexity index is 303. The van der Waals surface area contributed by atoms with Gasteiger partial charge in [0.25, 0.3) is 5.92 Å². The van der Waals surface area contributed by atoms with E-state index in [0.29, 0.717) is 16.8 Å². The summed E-state index contributed by atoms with van der Waals surface area (Å²) in [7, 11) is 0. The van der Waals surface area contributed by atoms with Crippen LogP contribution in [0.3, 0.4) is 0 Å². The molecule has 0 aliphatic carbocycles. The van der Waals surface area contributed by atoms with Crippen molar-refractivity contribution in [3.63, 3.8) is 0 Å². The van der Waals surface area contributed by atoms with E-state index in [1.54, 1.807) is 13.8 Å². The topological polar surface area (TPSA) is 26.0 Å². The first-order valence-electron chi connectivity index (χ1n) is 4.07. The van der Waals surface area contributed by atoms with Gasteiger partial charge in [-0.05, 0) is 37.1 Å². The number of hydrogen-bond donors (Lipinski definition) is 1. The van der Waals surface area contributed by atoms with Crippen molar-refractivity contribution in [1.82, 2.24) is 0 Å². The quantitative estimate of drug-likeness (QED) is 0.669. The molecular formula is C10H13F2N.